The molecule has 31 heavy (non-hydrogen) atoms. The van der Waals surface area contributed by atoms with Crippen LogP contribution in [0.25, 0.3) is 20.7 Å². The van der Waals surface area contributed by atoms with Crippen molar-refractivity contribution in [3.8, 4) is 10.4 Å². The molecule has 3 heterocycles. The van der Waals surface area contributed by atoms with Crippen LogP contribution in [0.5, 0.6) is 0 Å². The van der Waals surface area contributed by atoms with E-state index >= 15 is 0 Å². The van der Waals surface area contributed by atoms with Gasteiger partial charge in [0.25, 0.3) is 11.2 Å². The Morgan fingerprint density at radius 1 is 1.35 bits per heavy atom. The Bertz CT molecular complexity index is 1360. The maximum Gasteiger partial charge on any atom is 0.271 e. The van der Waals surface area contributed by atoms with E-state index in [4.69, 9.17) is 11.6 Å². The molecule has 4 rings (SSSR count). The van der Waals surface area contributed by atoms with Crippen LogP contribution in [0.2, 0.25) is 5.02 Å². The summed E-state index contributed by atoms with van der Waals surface area (Å²) in [6, 6.07) is 7.69. The molecule has 4 aromatic rings. The molecular weight excluding hydrogens is 480 g/mol. The number of amides is 1. The van der Waals surface area contributed by atoms with E-state index in [1.54, 1.807) is 18.4 Å². The van der Waals surface area contributed by atoms with Crippen molar-refractivity contribution in [1.82, 2.24) is 9.55 Å². The molecule has 0 saturated heterocycles. The summed E-state index contributed by atoms with van der Waals surface area (Å²) >= 11 is 10.0. The summed E-state index contributed by atoms with van der Waals surface area (Å²) in [4.78, 5) is 41.8. The number of nitro groups is 1. The average Bonchev–Trinajstić information content (AvgIpc) is 3.40. The lowest BCUT2D eigenvalue weighted by Gasteiger charge is -2.09. The molecule has 0 radical (unpaired) electrons. The highest BCUT2D eigenvalue weighted by Gasteiger charge is 2.18. The Hall–Kier alpha value is -2.73. The standard InChI is InChI=1S/C19H13ClN4O4S3/c1-23-18(26)16-11(14-3-2-6-29-14)8-30-17(16)22-19(23)31-9-15(25)21-13-7-10(24(27)28)4-5-12(13)20/h2-8H,9H2,1H3,(H,21,25). The van der Waals surface area contributed by atoms with Crippen LogP contribution in [-0.2, 0) is 11.8 Å². The van der Waals surface area contributed by atoms with E-state index in [-0.39, 0.29) is 27.7 Å². The minimum absolute atomic E-state index is 0.0477. The summed E-state index contributed by atoms with van der Waals surface area (Å²) < 4.78 is 1.42. The molecule has 0 unspecified atom stereocenters. The van der Waals surface area contributed by atoms with Crippen molar-refractivity contribution < 1.29 is 9.72 Å². The number of anilines is 1. The summed E-state index contributed by atoms with van der Waals surface area (Å²) in [5.74, 6) is -0.472. The minimum atomic E-state index is -0.568. The monoisotopic (exact) mass is 492 g/mol. The summed E-state index contributed by atoms with van der Waals surface area (Å²) in [5, 5.41) is 18.5. The number of nitro benzene ring substituents is 1. The number of nitrogens with zero attached hydrogens (tertiary/aromatic N) is 3. The Morgan fingerprint density at radius 2 is 2.16 bits per heavy atom. The number of carbonyl (C=O) groups is 1. The summed E-state index contributed by atoms with van der Waals surface area (Å²) in [6.07, 6.45) is 0. The smallest absolute Gasteiger partial charge is 0.271 e. The van der Waals surface area contributed by atoms with Crippen molar-refractivity contribution in [2.45, 2.75) is 5.16 Å². The summed E-state index contributed by atoms with van der Waals surface area (Å²) in [7, 11) is 1.61. The Morgan fingerprint density at radius 3 is 2.87 bits per heavy atom. The molecule has 0 saturated carbocycles. The fraction of sp³-hybridized carbons (Fsp3) is 0.105. The molecule has 0 spiro atoms. The second kappa shape index (κ2) is 8.79. The number of aromatic nitrogens is 2. The van der Waals surface area contributed by atoms with E-state index in [1.807, 2.05) is 22.9 Å². The fourth-order valence-electron chi connectivity index (χ4n) is 2.83. The van der Waals surface area contributed by atoms with Crippen LogP contribution in [0.1, 0.15) is 0 Å². The zero-order valence-corrected chi connectivity index (χ0v) is 19.0. The number of thiophene rings is 2. The van der Waals surface area contributed by atoms with Gasteiger partial charge in [-0.1, -0.05) is 29.4 Å². The van der Waals surface area contributed by atoms with E-state index in [1.165, 1.54) is 34.1 Å². The third-order valence-electron chi connectivity index (χ3n) is 4.33. The van der Waals surface area contributed by atoms with Gasteiger partial charge < -0.3 is 5.32 Å². The molecule has 1 N–H and O–H groups in total. The van der Waals surface area contributed by atoms with Crippen LogP contribution in [0, 0.1) is 10.1 Å². The number of hydrogen-bond acceptors (Lipinski definition) is 8. The van der Waals surface area contributed by atoms with Gasteiger partial charge in [0.05, 0.1) is 26.8 Å². The molecule has 3 aromatic heterocycles. The van der Waals surface area contributed by atoms with Crippen molar-refractivity contribution in [3.05, 3.63) is 66.6 Å². The van der Waals surface area contributed by atoms with Gasteiger partial charge in [-0.2, -0.15) is 0 Å². The van der Waals surface area contributed by atoms with Crippen molar-refractivity contribution in [3.63, 3.8) is 0 Å². The van der Waals surface area contributed by atoms with Gasteiger partial charge in [0, 0.05) is 35.0 Å². The first-order valence-electron chi connectivity index (χ1n) is 8.74. The lowest BCUT2D eigenvalue weighted by Crippen LogP contribution is -2.21. The highest BCUT2D eigenvalue weighted by atomic mass is 35.5. The Labute approximate surface area is 192 Å². The van der Waals surface area contributed by atoms with Gasteiger partial charge in [-0.05, 0) is 17.5 Å². The van der Waals surface area contributed by atoms with E-state index in [2.05, 4.69) is 10.3 Å². The highest BCUT2D eigenvalue weighted by Crippen LogP contribution is 2.34. The first-order chi connectivity index (χ1) is 14.8. The number of hydrogen-bond donors (Lipinski definition) is 1. The van der Waals surface area contributed by atoms with E-state index < -0.39 is 10.8 Å². The van der Waals surface area contributed by atoms with Crippen LogP contribution >= 0.6 is 46.0 Å². The fourth-order valence-corrected chi connectivity index (χ4v) is 5.57. The molecule has 1 aromatic carbocycles. The summed E-state index contributed by atoms with van der Waals surface area (Å²) in [6.45, 7) is 0. The largest absolute Gasteiger partial charge is 0.324 e. The van der Waals surface area contributed by atoms with Gasteiger partial charge in [-0.15, -0.1) is 22.7 Å². The van der Waals surface area contributed by atoms with Gasteiger partial charge in [0.15, 0.2) is 5.16 Å². The number of nitrogens with one attached hydrogen (secondary N) is 1. The molecule has 0 atom stereocenters. The molecular formula is C19H13ClN4O4S3. The maximum atomic E-state index is 12.9. The van der Waals surface area contributed by atoms with Crippen molar-refractivity contribution in [2.75, 3.05) is 11.1 Å². The van der Waals surface area contributed by atoms with Gasteiger partial charge in [0.1, 0.15) is 4.83 Å². The van der Waals surface area contributed by atoms with E-state index in [9.17, 15) is 19.7 Å². The van der Waals surface area contributed by atoms with Crippen LogP contribution in [0.4, 0.5) is 11.4 Å². The van der Waals surface area contributed by atoms with Gasteiger partial charge in [-0.25, -0.2) is 4.98 Å². The lowest BCUT2D eigenvalue weighted by molar-refractivity contribution is -0.384. The molecule has 158 valence electrons. The number of carbonyl (C=O) groups excluding carboxylic acids is 1. The molecule has 8 nitrogen and oxygen atoms in total. The van der Waals surface area contributed by atoms with Crippen LogP contribution in [0.3, 0.4) is 0 Å². The van der Waals surface area contributed by atoms with Crippen LogP contribution in [-0.4, -0.2) is 26.1 Å². The SMILES string of the molecule is Cn1c(SCC(=O)Nc2cc([N+](=O)[O-])ccc2Cl)nc2scc(-c3cccs3)c2c1=O. The molecule has 1 amide bonds. The number of fused-ring (bicyclic) bond motifs is 1. The minimum Gasteiger partial charge on any atom is -0.324 e. The number of thioether (sulfide) groups is 1. The average molecular weight is 493 g/mol. The first-order valence-corrected chi connectivity index (χ1v) is 11.9. The highest BCUT2D eigenvalue weighted by molar-refractivity contribution is 7.99. The number of halogens is 1. The number of non-ortho nitro benzene ring substituents is 1. The lowest BCUT2D eigenvalue weighted by atomic mass is 10.2. The second-order valence-corrected chi connectivity index (χ2v) is 9.48. The predicted octanol–water partition coefficient (Wildman–Crippen LogP) is 5.02. The third kappa shape index (κ3) is 4.35. The van der Waals surface area contributed by atoms with E-state index in [0.29, 0.717) is 15.4 Å². The molecule has 0 aliphatic heterocycles. The number of benzene rings is 1. The molecule has 0 bridgehead atoms. The predicted molar refractivity (Wildman–Crippen MR) is 126 cm³/mol. The van der Waals surface area contributed by atoms with E-state index in [0.717, 1.165) is 22.2 Å². The number of rotatable bonds is 6. The van der Waals surface area contributed by atoms with Crippen molar-refractivity contribution >= 4 is 73.5 Å². The first kappa shape index (κ1) is 21.5. The van der Waals surface area contributed by atoms with Crippen molar-refractivity contribution in [1.29, 1.82) is 0 Å². The second-order valence-electron chi connectivity index (χ2n) is 6.32. The van der Waals surface area contributed by atoms with Crippen molar-refractivity contribution in [2.24, 2.45) is 7.05 Å². The zero-order valence-electron chi connectivity index (χ0n) is 15.8. The Balaban J connectivity index is 1.54. The van der Waals surface area contributed by atoms with Gasteiger partial charge >= 0.3 is 0 Å². The molecule has 0 fully saturated rings. The Kier molecular flexibility index (Phi) is 6.10. The quantitative estimate of drug-likeness (QED) is 0.175. The zero-order chi connectivity index (χ0) is 22.1. The normalized spacial score (nSPS) is 11.0. The van der Waals surface area contributed by atoms with Gasteiger partial charge in [0.2, 0.25) is 5.91 Å². The van der Waals surface area contributed by atoms with Crippen LogP contribution in [0.15, 0.2) is 51.0 Å². The van der Waals surface area contributed by atoms with Crippen LogP contribution < -0.4 is 10.9 Å². The molecule has 0 aliphatic rings. The molecule has 12 heteroatoms. The molecule has 0 aliphatic carbocycles. The summed E-state index contributed by atoms with van der Waals surface area (Å²) in [5.41, 5.74) is 0.649. The third-order valence-corrected chi connectivity index (χ3v) is 7.46. The maximum absolute atomic E-state index is 12.9. The topological polar surface area (TPSA) is 107 Å². The van der Waals surface area contributed by atoms with Gasteiger partial charge in [-0.3, -0.25) is 24.3 Å².